The normalized spacial score (nSPS) is 18.9. The van der Waals surface area contributed by atoms with E-state index in [1.165, 1.54) is 7.05 Å². The number of ether oxygens (including phenoxy) is 2. The number of hydrogen-bond donors (Lipinski definition) is 2. The molecular formula is C25H23N3O7. The van der Waals surface area contributed by atoms with Crippen molar-refractivity contribution in [2.45, 2.75) is 44.6 Å². The minimum atomic E-state index is -1.88. The van der Waals surface area contributed by atoms with E-state index in [9.17, 15) is 19.2 Å². The first-order valence-corrected chi connectivity index (χ1v) is 11.2. The van der Waals surface area contributed by atoms with E-state index in [0.717, 1.165) is 16.5 Å². The van der Waals surface area contributed by atoms with Crippen LogP contribution in [0, 0.1) is 0 Å². The molecule has 2 aliphatic rings. The first kappa shape index (κ1) is 22.7. The van der Waals surface area contributed by atoms with E-state index in [1.807, 2.05) is 30.3 Å². The number of hydrogen-bond acceptors (Lipinski definition) is 8. The molecular weight excluding hydrogens is 454 g/mol. The maximum absolute atomic E-state index is 13.5. The number of likely N-dealkylation sites (N-methyl/N-ethyl adjacent to an activating group) is 1. The van der Waals surface area contributed by atoms with Gasteiger partial charge in [0.1, 0.15) is 12.6 Å². The van der Waals surface area contributed by atoms with Crippen LogP contribution in [-0.2, 0) is 42.6 Å². The smallest absolute Gasteiger partial charge is 0.355 e. The van der Waals surface area contributed by atoms with Crippen LogP contribution in [0.15, 0.2) is 41.2 Å². The molecule has 0 saturated heterocycles. The minimum Gasteiger partial charge on any atom is -0.481 e. The van der Waals surface area contributed by atoms with Crippen LogP contribution >= 0.6 is 0 Å². The SMILES string of the molecule is CC[C@@]1(OC(=O)[C@H](CC(=O)O)NC)C(=O)OCc2c1cc1n(c2=O)Cc2cc3ccccc3nc2-1. The zero-order chi connectivity index (χ0) is 24.9. The van der Waals surface area contributed by atoms with Gasteiger partial charge >= 0.3 is 17.9 Å². The van der Waals surface area contributed by atoms with Crippen molar-refractivity contribution >= 4 is 28.8 Å². The zero-order valence-electron chi connectivity index (χ0n) is 19.2. The molecule has 0 amide bonds. The molecule has 2 aromatic heterocycles. The molecule has 2 atom stereocenters. The highest BCUT2D eigenvalue weighted by Gasteiger charge is 2.51. The topological polar surface area (TPSA) is 137 Å². The van der Waals surface area contributed by atoms with Crippen molar-refractivity contribution < 1.29 is 29.0 Å². The Morgan fingerprint density at radius 1 is 1.29 bits per heavy atom. The minimum absolute atomic E-state index is 0.00498. The lowest BCUT2D eigenvalue weighted by atomic mass is 9.85. The number of carbonyl (C=O) groups excluding carboxylic acids is 2. The Kier molecular flexibility index (Phi) is 5.40. The van der Waals surface area contributed by atoms with Gasteiger partial charge < -0.3 is 24.5 Å². The molecule has 180 valence electrons. The molecule has 2 aliphatic heterocycles. The van der Waals surface area contributed by atoms with Crippen molar-refractivity contribution in [3.05, 3.63) is 63.4 Å². The average Bonchev–Trinajstić information content (AvgIpc) is 3.20. The third-order valence-corrected chi connectivity index (χ3v) is 6.67. The van der Waals surface area contributed by atoms with Crippen LogP contribution in [0.4, 0.5) is 0 Å². The van der Waals surface area contributed by atoms with Crippen molar-refractivity contribution in [1.82, 2.24) is 14.9 Å². The molecule has 0 aliphatic carbocycles. The van der Waals surface area contributed by atoms with E-state index >= 15 is 0 Å². The summed E-state index contributed by atoms with van der Waals surface area (Å²) in [5, 5.41) is 12.7. The number of aromatic nitrogens is 2. The van der Waals surface area contributed by atoms with E-state index in [2.05, 4.69) is 5.32 Å². The van der Waals surface area contributed by atoms with Gasteiger partial charge in [0.25, 0.3) is 5.56 Å². The maximum Gasteiger partial charge on any atom is 0.355 e. The molecule has 0 bridgehead atoms. The number of pyridine rings is 2. The molecule has 10 heteroatoms. The van der Waals surface area contributed by atoms with Crippen LogP contribution in [0.25, 0.3) is 22.3 Å². The molecule has 0 spiro atoms. The van der Waals surface area contributed by atoms with Gasteiger partial charge in [0.2, 0.25) is 5.60 Å². The highest BCUT2D eigenvalue weighted by atomic mass is 16.6. The van der Waals surface area contributed by atoms with E-state index < -0.39 is 36.0 Å². The second-order valence-corrected chi connectivity index (χ2v) is 8.62. The predicted octanol–water partition coefficient (Wildman–Crippen LogP) is 1.69. The van der Waals surface area contributed by atoms with Gasteiger partial charge in [-0.3, -0.25) is 14.4 Å². The fourth-order valence-electron chi connectivity index (χ4n) is 4.80. The number of cyclic esters (lactones) is 1. The molecule has 0 radical (unpaired) electrons. The van der Waals surface area contributed by atoms with Crippen LogP contribution in [0.2, 0.25) is 0 Å². The Labute approximate surface area is 199 Å². The molecule has 0 unspecified atom stereocenters. The maximum atomic E-state index is 13.5. The molecule has 4 heterocycles. The third-order valence-electron chi connectivity index (χ3n) is 6.67. The monoisotopic (exact) mass is 477 g/mol. The van der Waals surface area contributed by atoms with Crippen LogP contribution in [0.3, 0.4) is 0 Å². The summed E-state index contributed by atoms with van der Waals surface area (Å²) in [6, 6.07) is 10.1. The fraction of sp³-hybridized carbons (Fsp3) is 0.320. The Morgan fingerprint density at radius 2 is 2.06 bits per heavy atom. The van der Waals surface area contributed by atoms with Gasteiger partial charge in [-0.2, -0.15) is 0 Å². The second-order valence-electron chi connectivity index (χ2n) is 8.62. The lowest BCUT2D eigenvalue weighted by Crippen LogP contribution is -2.50. The number of carboxylic acid groups (broad SMARTS) is 1. The van der Waals surface area contributed by atoms with Crippen molar-refractivity contribution in [3.63, 3.8) is 0 Å². The van der Waals surface area contributed by atoms with Gasteiger partial charge in [-0.1, -0.05) is 25.1 Å². The first-order chi connectivity index (χ1) is 16.8. The summed E-state index contributed by atoms with van der Waals surface area (Å²) in [7, 11) is 1.42. The summed E-state index contributed by atoms with van der Waals surface area (Å²) in [5.74, 6) is -2.93. The highest BCUT2D eigenvalue weighted by molar-refractivity contribution is 5.90. The number of esters is 2. The van der Waals surface area contributed by atoms with Crippen molar-refractivity contribution in [2.24, 2.45) is 0 Å². The van der Waals surface area contributed by atoms with Crippen molar-refractivity contribution in [1.29, 1.82) is 0 Å². The molecule has 10 nitrogen and oxygen atoms in total. The number of fused-ring (bicyclic) bond motifs is 5. The molecule has 2 N–H and O–H groups in total. The number of carboxylic acids is 1. The summed E-state index contributed by atoms with van der Waals surface area (Å²) in [5.41, 5.74) is 1.01. The average molecular weight is 477 g/mol. The van der Waals surface area contributed by atoms with Gasteiger partial charge in [-0.15, -0.1) is 0 Å². The fourth-order valence-corrected chi connectivity index (χ4v) is 4.80. The van der Waals surface area contributed by atoms with E-state index in [0.29, 0.717) is 17.9 Å². The first-order valence-electron chi connectivity index (χ1n) is 11.2. The van der Waals surface area contributed by atoms with Crippen LogP contribution < -0.4 is 10.9 Å². The number of rotatable bonds is 6. The van der Waals surface area contributed by atoms with Crippen molar-refractivity contribution in [2.75, 3.05) is 7.05 Å². The lowest BCUT2D eigenvalue weighted by molar-refractivity contribution is -0.191. The Hall–Kier alpha value is -4.05. The molecule has 0 fully saturated rings. The number of carbonyl (C=O) groups is 3. The van der Waals surface area contributed by atoms with Gasteiger partial charge in [0, 0.05) is 16.5 Å². The van der Waals surface area contributed by atoms with Crippen LogP contribution in [0.1, 0.15) is 36.5 Å². The summed E-state index contributed by atoms with van der Waals surface area (Å²) >= 11 is 0. The number of para-hydroxylation sites is 1. The molecule has 35 heavy (non-hydrogen) atoms. The van der Waals surface area contributed by atoms with Crippen LogP contribution in [-0.4, -0.2) is 45.7 Å². The Morgan fingerprint density at radius 3 is 2.77 bits per heavy atom. The molecule has 3 aromatic rings. The standard InChI is InChI=1S/C25H23N3O7/c1-3-25(35-23(32)18(26-2)10-20(29)30)16-9-19-21-14(8-13-6-4-5-7-17(13)27-21)11-28(19)22(31)15(16)12-34-24(25)33/h4-9,18,26H,3,10-12H2,1-2H3,(H,29,30)/t18-,25-/m0/s1. The molecule has 5 rings (SSSR count). The largest absolute Gasteiger partial charge is 0.481 e. The van der Waals surface area contributed by atoms with Gasteiger partial charge in [-0.25, -0.2) is 9.78 Å². The van der Waals surface area contributed by atoms with Crippen LogP contribution in [0.5, 0.6) is 0 Å². The predicted molar refractivity (Wildman–Crippen MR) is 123 cm³/mol. The van der Waals surface area contributed by atoms with E-state index in [-0.39, 0.29) is 29.7 Å². The lowest BCUT2D eigenvalue weighted by Gasteiger charge is -2.36. The van der Waals surface area contributed by atoms with E-state index in [4.69, 9.17) is 19.6 Å². The summed E-state index contributed by atoms with van der Waals surface area (Å²) in [6.45, 7) is 1.71. The number of benzene rings is 1. The number of nitrogens with zero attached hydrogens (tertiary/aromatic N) is 2. The highest BCUT2D eigenvalue weighted by Crippen LogP contribution is 2.41. The Balaban J connectivity index is 1.66. The summed E-state index contributed by atoms with van der Waals surface area (Å²) < 4.78 is 12.6. The van der Waals surface area contributed by atoms with Gasteiger partial charge in [-0.05, 0) is 31.7 Å². The number of aliphatic carboxylic acids is 1. The van der Waals surface area contributed by atoms with Gasteiger partial charge in [0.05, 0.1) is 35.4 Å². The van der Waals surface area contributed by atoms with Crippen molar-refractivity contribution in [3.8, 4) is 11.4 Å². The third kappa shape index (κ3) is 3.48. The summed E-state index contributed by atoms with van der Waals surface area (Å²) in [4.78, 5) is 55.4. The summed E-state index contributed by atoms with van der Waals surface area (Å²) in [6.07, 6.45) is -0.538. The van der Waals surface area contributed by atoms with E-state index in [1.54, 1.807) is 17.6 Å². The molecule has 0 saturated carbocycles. The zero-order valence-corrected chi connectivity index (χ0v) is 19.2. The number of nitrogens with one attached hydrogen (secondary N) is 1. The molecule has 1 aromatic carbocycles. The Bertz CT molecular complexity index is 1460. The van der Waals surface area contributed by atoms with Gasteiger partial charge in [0.15, 0.2) is 0 Å². The second kappa shape index (κ2) is 8.31. The quantitative estimate of drug-likeness (QED) is 0.398.